The Morgan fingerprint density at radius 2 is 2.06 bits per heavy atom. The molecule has 0 aromatic carbocycles. The van der Waals surface area contributed by atoms with E-state index in [1.807, 2.05) is 14.0 Å². The van der Waals surface area contributed by atoms with Crippen molar-refractivity contribution in [1.82, 2.24) is 10.2 Å². The summed E-state index contributed by atoms with van der Waals surface area (Å²) in [6.45, 7) is 3.93. The van der Waals surface area contributed by atoms with Gasteiger partial charge < -0.3 is 10.1 Å². The van der Waals surface area contributed by atoms with Crippen LogP contribution in [0.25, 0.3) is 0 Å². The number of carbonyl (C=O) groups excluding carboxylic acids is 2. The van der Waals surface area contributed by atoms with E-state index in [9.17, 15) is 9.59 Å². The Bertz CT molecular complexity index is 308. The SMILES string of the molecule is CNC(CN1C(=O)CC(C)CC1=O)C1CCOC1. The average Bonchev–Trinajstić information content (AvgIpc) is 2.81. The molecule has 0 bridgehead atoms. The summed E-state index contributed by atoms with van der Waals surface area (Å²) in [6.07, 6.45) is 1.98. The van der Waals surface area contributed by atoms with Crippen molar-refractivity contribution in [3.63, 3.8) is 0 Å². The molecule has 2 atom stereocenters. The van der Waals surface area contributed by atoms with Crippen LogP contribution in [0.3, 0.4) is 0 Å². The van der Waals surface area contributed by atoms with Gasteiger partial charge in [0.25, 0.3) is 0 Å². The smallest absolute Gasteiger partial charge is 0.229 e. The van der Waals surface area contributed by atoms with Gasteiger partial charge in [0.15, 0.2) is 0 Å². The molecular weight excluding hydrogens is 232 g/mol. The molecule has 2 amide bonds. The van der Waals surface area contributed by atoms with Crippen molar-refractivity contribution in [2.24, 2.45) is 11.8 Å². The molecule has 2 unspecified atom stereocenters. The first kappa shape index (κ1) is 13.5. The van der Waals surface area contributed by atoms with Crippen LogP contribution in [0.4, 0.5) is 0 Å². The standard InChI is InChI=1S/C13H22N2O3/c1-9-5-12(16)15(13(17)6-9)7-11(14-2)10-3-4-18-8-10/h9-11,14H,3-8H2,1-2H3. The van der Waals surface area contributed by atoms with Crippen LogP contribution in [-0.2, 0) is 14.3 Å². The number of hydrogen-bond donors (Lipinski definition) is 1. The lowest BCUT2D eigenvalue weighted by Crippen LogP contribution is -2.51. The molecule has 0 aliphatic carbocycles. The molecule has 2 saturated heterocycles. The van der Waals surface area contributed by atoms with Crippen LogP contribution in [0.5, 0.6) is 0 Å². The highest BCUT2D eigenvalue weighted by atomic mass is 16.5. The van der Waals surface area contributed by atoms with E-state index in [0.29, 0.717) is 25.3 Å². The van der Waals surface area contributed by atoms with Crippen molar-refractivity contribution in [3.8, 4) is 0 Å². The predicted molar refractivity (Wildman–Crippen MR) is 66.9 cm³/mol. The van der Waals surface area contributed by atoms with Crippen molar-refractivity contribution in [1.29, 1.82) is 0 Å². The van der Waals surface area contributed by atoms with Gasteiger partial charge >= 0.3 is 0 Å². The largest absolute Gasteiger partial charge is 0.381 e. The molecule has 2 heterocycles. The monoisotopic (exact) mass is 254 g/mol. The third kappa shape index (κ3) is 2.90. The van der Waals surface area contributed by atoms with Gasteiger partial charge in [-0.25, -0.2) is 0 Å². The van der Waals surface area contributed by atoms with Gasteiger partial charge in [-0.15, -0.1) is 0 Å². The van der Waals surface area contributed by atoms with Gasteiger partial charge in [-0.1, -0.05) is 6.92 Å². The number of ether oxygens (including phenoxy) is 1. The van der Waals surface area contributed by atoms with E-state index < -0.39 is 0 Å². The number of piperidine rings is 1. The molecule has 5 heteroatoms. The highest BCUT2D eigenvalue weighted by Gasteiger charge is 2.34. The molecule has 2 fully saturated rings. The summed E-state index contributed by atoms with van der Waals surface area (Å²) in [5, 5.41) is 3.22. The van der Waals surface area contributed by atoms with Crippen molar-refractivity contribution >= 4 is 11.8 Å². The van der Waals surface area contributed by atoms with Gasteiger partial charge in [0.2, 0.25) is 11.8 Å². The number of likely N-dealkylation sites (tertiary alicyclic amines) is 1. The minimum atomic E-state index is -0.0297. The average molecular weight is 254 g/mol. The Morgan fingerprint density at radius 1 is 1.39 bits per heavy atom. The van der Waals surface area contributed by atoms with Crippen LogP contribution in [-0.4, -0.2) is 49.6 Å². The molecule has 5 nitrogen and oxygen atoms in total. The van der Waals surface area contributed by atoms with Gasteiger partial charge in [-0.3, -0.25) is 14.5 Å². The molecule has 2 aliphatic rings. The predicted octanol–water partition coefficient (Wildman–Crippen LogP) is 0.396. The zero-order chi connectivity index (χ0) is 13.1. The first-order valence-electron chi connectivity index (χ1n) is 6.70. The maximum atomic E-state index is 11.9. The lowest BCUT2D eigenvalue weighted by Gasteiger charge is -2.33. The molecule has 0 spiro atoms. The second-order valence-electron chi connectivity index (χ2n) is 5.43. The van der Waals surface area contributed by atoms with E-state index in [1.165, 1.54) is 4.90 Å². The quantitative estimate of drug-likeness (QED) is 0.738. The number of carbonyl (C=O) groups is 2. The van der Waals surface area contributed by atoms with Crippen molar-refractivity contribution < 1.29 is 14.3 Å². The molecule has 1 N–H and O–H groups in total. The van der Waals surface area contributed by atoms with E-state index >= 15 is 0 Å². The highest BCUT2D eigenvalue weighted by Crippen LogP contribution is 2.22. The molecule has 18 heavy (non-hydrogen) atoms. The molecule has 2 aliphatic heterocycles. The summed E-state index contributed by atoms with van der Waals surface area (Å²) in [5.41, 5.74) is 0. The van der Waals surface area contributed by atoms with Crippen molar-refractivity contribution in [2.45, 2.75) is 32.2 Å². The van der Waals surface area contributed by atoms with E-state index in [1.54, 1.807) is 0 Å². The second kappa shape index (κ2) is 5.80. The Labute approximate surface area is 108 Å². The fraction of sp³-hybridized carbons (Fsp3) is 0.846. The van der Waals surface area contributed by atoms with Gasteiger partial charge in [-0.2, -0.15) is 0 Å². The van der Waals surface area contributed by atoms with Crippen LogP contribution in [0.2, 0.25) is 0 Å². The Hall–Kier alpha value is -0.940. The topological polar surface area (TPSA) is 58.6 Å². The Balaban J connectivity index is 1.97. The summed E-state index contributed by atoms with van der Waals surface area (Å²) in [4.78, 5) is 25.3. The number of nitrogens with one attached hydrogen (secondary N) is 1. The number of hydrogen-bond acceptors (Lipinski definition) is 4. The lowest BCUT2D eigenvalue weighted by molar-refractivity contribution is -0.150. The van der Waals surface area contributed by atoms with E-state index in [0.717, 1.165) is 19.6 Å². The van der Waals surface area contributed by atoms with Crippen LogP contribution in [0, 0.1) is 11.8 Å². The van der Waals surface area contributed by atoms with Crippen molar-refractivity contribution in [3.05, 3.63) is 0 Å². The van der Waals surface area contributed by atoms with Crippen LogP contribution in [0.15, 0.2) is 0 Å². The highest BCUT2D eigenvalue weighted by molar-refractivity contribution is 5.97. The molecule has 0 radical (unpaired) electrons. The molecule has 0 aromatic heterocycles. The zero-order valence-corrected chi connectivity index (χ0v) is 11.1. The third-order valence-corrected chi connectivity index (χ3v) is 3.93. The minimum Gasteiger partial charge on any atom is -0.381 e. The van der Waals surface area contributed by atoms with E-state index in [-0.39, 0.29) is 23.8 Å². The van der Waals surface area contributed by atoms with Crippen molar-refractivity contribution in [2.75, 3.05) is 26.8 Å². The number of nitrogens with zero attached hydrogens (tertiary/aromatic N) is 1. The molecule has 102 valence electrons. The van der Waals surface area contributed by atoms with E-state index in [4.69, 9.17) is 4.74 Å². The maximum Gasteiger partial charge on any atom is 0.229 e. The number of rotatable bonds is 4. The lowest BCUT2D eigenvalue weighted by atomic mass is 9.94. The van der Waals surface area contributed by atoms with Gasteiger partial charge in [0.1, 0.15) is 0 Å². The van der Waals surface area contributed by atoms with Gasteiger partial charge in [0, 0.05) is 38.0 Å². The second-order valence-corrected chi connectivity index (χ2v) is 5.43. The summed E-state index contributed by atoms with van der Waals surface area (Å²) in [6, 6.07) is 0.147. The first-order chi connectivity index (χ1) is 8.61. The molecule has 0 aromatic rings. The number of amides is 2. The van der Waals surface area contributed by atoms with Gasteiger partial charge in [-0.05, 0) is 19.4 Å². The third-order valence-electron chi connectivity index (χ3n) is 3.93. The maximum absolute atomic E-state index is 11.9. The fourth-order valence-electron chi connectivity index (χ4n) is 2.77. The summed E-state index contributed by atoms with van der Waals surface area (Å²) < 4.78 is 5.37. The summed E-state index contributed by atoms with van der Waals surface area (Å²) in [5.74, 6) is 0.523. The van der Waals surface area contributed by atoms with Crippen LogP contribution >= 0.6 is 0 Å². The van der Waals surface area contributed by atoms with Crippen LogP contribution < -0.4 is 5.32 Å². The Kier molecular flexibility index (Phi) is 4.35. The van der Waals surface area contributed by atoms with Crippen LogP contribution in [0.1, 0.15) is 26.2 Å². The minimum absolute atomic E-state index is 0.0297. The number of imide groups is 1. The summed E-state index contributed by atoms with van der Waals surface area (Å²) >= 11 is 0. The van der Waals surface area contributed by atoms with Gasteiger partial charge in [0.05, 0.1) is 6.61 Å². The zero-order valence-electron chi connectivity index (χ0n) is 11.1. The fourth-order valence-corrected chi connectivity index (χ4v) is 2.77. The normalized spacial score (nSPS) is 27.9. The Morgan fingerprint density at radius 3 is 2.56 bits per heavy atom. The van der Waals surface area contributed by atoms with E-state index in [2.05, 4.69) is 5.32 Å². The molecule has 2 rings (SSSR count). The molecular formula is C13H22N2O3. The first-order valence-corrected chi connectivity index (χ1v) is 6.70. The molecule has 0 saturated carbocycles. The number of likely N-dealkylation sites (N-methyl/N-ethyl adjacent to an activating group) is 1. The summed E-state index contributed by atoms with van der Waals surface area (Å²) in [7, 11) is 1.88.